The quantitative estimate of drug-likeness (QED) is 0.792. The molecule has 0 saturated heterocycles. The van der Waals surface area contributed by atoms with Crippen LogP contribution >= 0.6 is 15.9 Å². The number of carboxylic acids is 1. The molecule has 0 spiro atoms. The zero-order valence-electron chi connectivity index (χ0n) is 11.6. The zero-order chi connectivity index (χ0) is 15.6. The minimum atomic E-state index is -1.46. The number of carboxylic acid groups (broad SMARTS) is 1. The second-order valence-electron chi connectivity index (χ2n) is 4.76. The maximum Gasteiger partial charge on any atom is 0.328 e. The van der Waals surface area contributed by atoms with Crippen LogP contribution in [0.2, 0.25) is 0 Å². The minimum Gasteiger partial charge on any atom is -0.480 e. The molecule has 2 rings (SSSR count). The Labute approximate surface area is 129 Å². The van der Waals surface area contributed by atoms with Gasteiger partial charge >= 0.3 is 5.97 Å². The first kappa shape index (κ1) is 15.6. The minimum absolute atomic E-state index is 0.243. The van der Waals surface area contributed by atoms with Crippen LogP contribution in [-0.2, 0) is 10.4 Å². The Morgan fingerprint density at radius 3 is 2.76 bits per heavy atom. The Morgan fingerprint density at radius 1 is 1.48 bits per heavy atom. The molecule has 7 nitrogen and oxygen atoms in total. The van der Waals surface area contributed by atoms with Crippen molar-refractivity contribution in [3.05, 3.63) is 40.4 Å². The highest BCUT2D eigenvalue weighted by molar-refractivity contribution is 9.10. The number of aromatic nitrogens is 4. The van der Waals surface area contributed by atoms with Gasteiger partial charge in [0.1, 0.15) is 15.9 Å². The maximum atomic E-state index is 11.1. The number of pyridine rings is 1. The first-order valence-corrected chi connectivity index (χ1v) is 7.16. The van der Waals surface area contributed by atoms with Crippen molar-refractivity contribution in [3.63, 3.8) is 0 Å². The summed E-state index contributed by atoms with van der Waals surface area (Å²) in [6.45, 7) is 3.28. The summed E-state index contributed by atoms with van der Waals surface area (Å²) in [6.07, 6.45) is 1.81. The van der Waals surface area contributed by atoms with Crippen LogP contribution in [0.4, 0.5) is 0 Å². The van der Waals surface area contributed by atoms with E-state index in [1.54, 1.807) is 25.1 Å². The molecule has 0 radical (unpaired) electrons. The third-order valence-electron chi connectivity index (χ3n) is 3.21. The molecular weight excluding hydrogens is 340 g/mol. The molecule has 2 heterocycles. The Hall–Kier alpha value is -1.80. The van der Waals surface area contributed by atoms with Crippen molar-refractivity contribution in [3.8, 4) is 0 Å². The third-order valence-corrected chi connectivity index (χ3v) is 3.66. The fourth-order valence-corrected chi connectivity index (χ4v) is 2.28. The summed E-state index contributed by atoms with van der Waals surface area (Å²) in [5.74, 6) is -0.992. The van der Waals surface area contributed by atoms with Gasteiger partial charge in [-0.1, -0.05) is 18.2 Å². The molecule has 2 aromatic rings. The van der Waals surface area contributed by atoms with Gasteiger partial charge in [-0.25, -0.2) is 14.5 Å². The number of aliphatic hydroxyl groups is 1. The summed E-state index contributed by atoms with van der Waals surface area (Å²) in [7, 11) is 0. The van der Waals surface area contributed by atoms with E-state index in [2.05, 4.69) is 31.2 Å². The number of hydrogen-bond acceptors (Lipinski definition) is 5. The van der Waals surface area contributed by atoms with Crippen molar-refractivity contribution in [2.75, 3.05) is 0 Å². The summed E-state index contributed by atoms with van der Waals surface area (Å²) < 4.78 is 1.83. The molecule has 0 aliphatic carbocycles. The van der Waals surface area contributed by atoms with E-state index in [-0.39, 0.29) is 5.69 Å². The van der Waals surface area contributed by atoms with Crippen LogP contribution in [0.5, 0.6) is 0 Å². The number of hydrogen-bond donors (Lipinski definition) is 2. The van der Waals surface area contributed by atoms with Gasteiger partial charge in [-0.15, -0.1) is 5.10 Å². The van der Waals surface area contributed by atoms with Crippen LogP contribution in [0.15, 0.2) is 29.0 Å². The maximum absolute atomic E-state index is 11.1. The molecule has 0 aromatic carbocycles. The second-order valence-corrected chi connectivity index (χ2v) is 5.58. The van der Waals surface area contributed by atoms with Crippen molar-refractivity contribution in [2.24, 2.45) is 0 Å². The Morgan fingerprint density at radius 2 is 2.19 bits per heavy atom. The van der Waals surface area contributed by atoms with Crippen LogP contribution in [-0.4, -0.2) is 36.2 Å². The topological polar surface area (TPSA) is 101 Å². The van der Waals surface area contributed by atoms with E-state index >= 15 is 0 Å². The van der Waals surface area contributed by atoms with E-state index in [1.165, 1.54) is 17.8 Å². The fraction of sp³-hybridized carbons (Fsp3) is 0.385. The highest BCUT2D eigenvalue weighted by Crippen LogP contribution is 2.27. The van der Waals surface area contributed by atoms with Gasteiger partial charge in [0, 0.05) is 0 Å². The molecule has 2 unspecified atom stereocenters. The normalized spacial score (nSPS) is 15.4. The molecule has 0 amide bonds. The third kappa shape index (κ3) is 3.11. The van der Waals surface area contributed by atoms with Crippen LogP contribution in [0.1, 0.15) is 37.7 Å². The lowest BCUT2D eigenvalue weighted by atomic mass is 9.98. The standard InChI is InChI=1S/C13H15BrN4O3/c1-3-8(12(19)20)18-7-10(16-17-18)13(2,21)9-5-4-6-11(14)15-9/h4-8,21H,3H2,1-2H3,(H,19,20). The van der Waals surface area contributed by atoms with Crippen molar-refractivity contribution in [1.29, 1.82) is 0 Å². The van der Waals surface area contributed by atoms with Gasteiger partial charge in [-0.05, 0) is 41.4 Å². The van der Waals surface area contributed by atoms with Crippen molar-refractivity contribution in [2.45, 2.75) is 31.9 Å². The Kier molecular flexibility index (Phi) is 4.38. The van der Waals surface area contributed by atoms with E-state index < -0.39 is 17.6 Å². The largest absolute Gasteiger partial charge is 0.480 e. The van der Waals surface area contributed by atoms with Crippen LogP contribution in [0.3, 0.4) is 0 Å². The van der Waals surface area contributed by atoms with E-state index in [9.17, 15) is 9.90 Å². The van der Waals surface area contributed by atoms with Crippen molar-refractivity contribution >= 4 is 21.9 Å². The molecule has 0 bridgehead atoms. The zero-order valence-corrected chi connectivity index (χ0v) is 13.1. The van der Waals surface area contributed by atoms with E-state index in [0.717, 1.165) is 0 Å². The van der Waals surface area contributed by atoms with Gasteiger partial charge in [-0.3, -0.25) is 0 Å². The lowest BCUT2D eigenvalue weighted by molar-refractivity contribution is -0.141. The second kappa shape index (κ2) is 5.90. The molecule has 0 aliphatic heterocycles. The number of carbonyl (C=O) groups is 1. The highest BCUT2D eigenvalue weighted by Gasteiger charge is 2.32. The van der Waals surface area contributed by atoms with Crippen LogP contribution < -0.4 is 0 Å². The predicted molar refractivity (Wildman–Crippen MR) is 77.6 cm³/mol. The summed E-state index contributed by atoms with van der Waals surface area (Å²) in [5, 5.41) is 27.5. The van der Waals surface area contributed by atoms with Gasteiger partial charge in [0.15, 0.2) is 6.04 Å². The van der Waals surface area contributed by atoms with Crippen molar-refractivity contribution < 1.29 is 15.0 Å². The molecule has 8 heteroatoms. The van der Waals surface area contributed by atoms with Crippen LogP contribution in [0, 0.1) is 0 Å². The molecule has 0 saturated carbocycles. The number of halogens is 1. The smallest absolute Gasteiger partial charge is 0.328 e. The van der Waals surface area contributed by atoms with E-state index in [1.807, 2.05) is 0 Å². The van der Waals surface area contributed by atoms with Gasteiger partial charge in [0.25, 0.3) is 0 Å². The average molecular weight is 355 g/mol. The molecule has 21 heavy (non-hydrogen) atoms. The van der Waals surface area contributed by atoms with Gasteiger partial charge in [0.05, 0.1) is 11.9 Å². The SMILES string of the molecule is CCC(C(=O)O)n1cc(C(C)(O)c2cccc(Br)n2)nn1. The van der Waals surface area contributed by atoms with Crippen LogP contribution in [0.25, 0.3) is 0 Å². The van der Waals surface area contributed by atoms with Gasteiger partial charge < -0.3 is 10.2 Å². The van der Waals surface area contributed by atoms with Crippen molar-refractivity contribution in [1.82, 2.24) is 20.0 Å². The predicted octanol–water partition coefficient (Wildman–Crippen LogP) is 1.73. The van der Waals surface area contributed by atoms with E-state index in [0.29, 0.717) is 16.7 Å². The number of rotatable bonds is 5. The molecule has 2 N–H and O–H groups in total. The van der Waals surface area contributed by atoms with Gasteiger partial charge in [0.2, 0.25) is 0 Å². The monoisotopic (exact) mass is 354 g/mol. The summed E-state index contributed by atoms with van der Waals surface area (Å²) in [5.41, 5.74) is -0.821. The Bertz CT molecular complexity index is 656. The molecule has 0 fully saturated rings. The molecule has 2 atom stereocenters. The van der Waals surface area contributed by atoms with E-state index in [4.69, 9.17) is 5.11 Å². The summed E-state index contributed by atoms with van der Waals surface area (Å²) in [4.78, 5) is 15.3. The first-order chi connectivity index (χ1) is 9.86. The van der Waals surface area contributed by atoms with Gasteiger partial charge in [-0.2, -0.15) is 0 Å². The molecule has 0 aliphatic rings. The summed E-state index contributed by atoms with van der Waals surface area (Å²) in [6, 6.07) is 4.35. The summed E-state index contributed by atoms with van der Waals surface area (Å²) >= 11 is 3.24. The molecule has 2 aromatic heterocycles. The number of nitrogens with zero attached hydrogens (tertiary/aromatic N) is 4. The highest BCUT2D eigenvalue weighted by atomic mass is 79.9. The molecule has 112 valence electrons. The lowest BCUT2D eigenvalue weighted by Gasteiger charge is -2.19. The molecular formula is C13H15BrN4O3. The fourth-order valence-electron chi connectivity index (χ4n) is 1.94. The first-order valence-electron chi connectivity index (χ1n) is 6.36. The Balaban J connectivity index is 2.38. The lowest BCUT2D eigenvalue weighted by Crippen LogP contribution is -2.25. The average Bonchev–Trinajstić information content (AvgIpc) is 2.89. The number of aliphatic carboxylic acids is 1.